The average Bonchev–Trinajstić information content (AvgIpc) is 2.28. The van der Waals surface area contributed by atoms with Crippen LogP contribution in [0.2, 0.25) is 0 Å². The SMILES string of the molecule is CCCCNC(=O)[C@@H](C)N1CCC=C(Cl)C1. The third-order valence-electron chi connectivity index (χ3n) is 2.89. The Kier molecular flexibility index (Phi) is 5.85. The van der Waals surface area contributed by atoms with Crippen molar-refractivity contribution in [1.29, 1.82) is 0 Å². The highest BCUT2D eigenvalue weighted by Crippen LogP contribution is 2.15. The lowest BCUT2D eigenvalue weighted by Crippen LogP contribution is -2.47. The predicted octanol–water partition coefficient (Wildman–Crippen LogP) is 2.12. The van der Waals surface area contributed by atoms with Gasteiger partial charge in [0.05, 0.1) is 6.04 Å². The van der Waals surface area contributed by atoms with Gasteiger partial charge >= 0.3 is 0 Å². The Balaban J connectivity index is 2.35. The Morgan fingerprint density at radius 3 is 3.06 bits per heavy atom. The molecule has 0 aromatic carbocycles. The summed E-state index contributed by atoms with van der Waals surface area (Å²) in [6.07, 6.45) is 5.11. The van der Waals surface area contributed by atoms with E-state index in [1.165, 1.54) is 0 Å². The zero-order chi connectivity index (χ0) is 12.0. The monoisotopic (exact) mass is 244 g/mol. The van der Waals surface area contributed by atoms with Crippen LogP contribution in [0.3, 0.4) is 0 Å². The summed E-state index contributed by atoms with van der Waals surface area (Å²) < 4.78 is 0. The molecule has 4 heteroatoms. The van der Waals surface area contributed by atoms with Crippen LogP contribution >= 0.6 is 11.6 Å². The van der Waals surface area contributed by atoms with Gasteiger partial charge in [0.1, 0.15) is 0 Å². The number of unbranched alkanes of at least 4 members (excludes halogenated alkanes) is 1. The van der Waals surface area contributed by atoms with Gasteiger partial charge in [-0.25, -0.2) is 0 Å². The van der Waals surface area contributed by atoms with Crippen LogP contribution in [0.4, 0.5) is 0 Å². The second-order valence-corrected chi connectivity index (χ2v) is 4.72. The van der Waals surface area contributed by atoms with Crippen LogP contribution in [0.25, 0.3) is 0 Å². The zero-order valence-corrected chi connectivity index (χ0v) is 10.9. The van der Waals surface area contributed by atoms with Gasteiger partial charge in [-0.3, -0.25) is 9.69 Å². The molecule has 1 aliphatic heterocycles. The summed E-state index contributed by atoms with van der Waals surface area (Å²) in [7, 11) is 0. The van der Waals surface area contributed by atoms with Gasteiger partial charge in [-0.15, -0.1) is 0 Å². The molecule has 1 atom stereocenters. The Bertz CT molecular complexity index is 266. The van der Waals surface area contributed by atoms with Gasteiger partial charge < -0.3 is 5.32 Å². The minimum absolute atomic E-state index is 0.0840. The maximum absolute atomic E-state index is 11.8. The molecule has 16 heavy (non-hydrogen) atoms. The number of carbonyl (C=O) groups excluding carboxylic acids is 1. The number of nitrogens with one attached hydrogen (secondary N) is 1. The molecule has 0 saturated carbocycles. The predicted molar refractivity (Wildman–Crippen MR) is 67.5 cm³/mol. The van der Waals surface area contributed by atoms with Crippen molar-refractivity contribution >= 4 is 17.5 Å². The van der Waals surface area contributed by atoms with E-state index in [0.717, 1.165) is 37.4 Å². The van der Waals surface area contributed by atoms with Crippen LogP contribution in [0.15, 0.2) is 11.1 Å². The molecule has 3 nitrogen and oxygen atoms in total. The first-order valence-electron chi connectivity index (χ1n) is 6.01. The molecule has 0 bridgehead atoms. The highest BCUT2D eigenvalue weighted by Gasteiger charge is 2.22. The van der Waals surface area contributed by atoms with Crippen LogP contribution in [0.1, 0.15) is 33.1 Å². The van der Waals surface area contributed by atoms with E-state index < -0.39 is 0 Å². The van der Waals surface area contributed by atoms with E-state index in [4.69, 9.17) is 11.6 Å². The van der Waals surface area contributed by atoms with Crippen molar-refractivity contribution in [3.05, 3.63) is 11.1 Å². The molecule has 0 aromatic heterocycles. The van der Waals surface area contributed by atoms with Crippen molar-refractivity contribution in [1.82, 2.24) is 10.2 Å². The van der Waals surface area contributed by atoms with Crippen molar-refractivity contribution < 1.29 is 4.79 Å². The van der Waals surface area contributed by atoms with Crippen LogP contribution in [0, 0.1) is 0 Å². The van der Waals surface area contributed by atoms with Gasteiger partial charge in [0.15, 0.2) is 0 Å². The second-order valence-electron chi connectivity index (χ2n) is 4.23. The summed E-state index contributed by atoms with van der Waals surface area (Å²) in [4.78, 5) is 13.9. The maximum atomic E-state index is 11.8. The molecular weight excluding hydrogens is 224 g/mol. The number of hydrogen-bond donors (Lipinski definition) is 1. The van der Waals surface area contributed by atoms with E-state index in [1.807, 2.05) is 13.0 Å². The molecule has 1 heterocycles. The second kappa shape index (κ2) is 6.92. The lowest BCUT2D eigenvalue weighted by atomic mass is 10.2. The standard InChI is InChI=1S/C12H21ClN2O/c1-3-4-7-14-12(16)10(2)15-8-5-6-11(13)9-15/h6,10H,3-5,7-9H2,1-2H3,(H,14,16)/t10-/m1/s1. The molecule has 0 radical (unpaired) electrons. The van der Waals surface area contributed by atoms with Crippen LogP contribution in [-0.2, 0) is 4.79 Å². The average molecular weight is 245 g/mol. The molecule has 1 N–H and O–H groups in total. The normalized spacial score (nSPS) is 19.1. The summed E-state index contributed by atoms with van der Waals surface area (Å²) in [5.41, 5.74) is 0. The first kappa shape index (κ1) is 13.5. The number of halogens is 1. The molecule has 0 aromatic rings. The fourth-order valence-electron chi connectivity index (χ4n) is 1.76. The van der Waals surface area contributed by atoms with Gasteiger partial charge in [-0.1, -0.05) is 31.0 Å². The third-order valence-corrected chi connectivity index (χ3v) is 3.17. The molecular formula is C12H21ClN2O. The summed E-state index contributed by atoms with van der Waals surface area (Å²) >= 11 is 5.97. The number of nitrogens with zero attached hydrogens (tertiary/aromatic N) is 1. The van der Waals surface area contributed by atoms with Crippen LogP contribution < -0.4 is 5.32 Å². The smallest absolute Gasteiger partial charge is 0.237 e. The summed E-state index contributed by atoms with van der Waals surface area (Å²) in [6, 6.07) is -0.0840. The molecule has 1 rings (SSSR count). The van der Waals surface area contributed by atoms with Crippen molar-refractivity contribution in [2.45, 2.75) is 39.2 Å². The minimum Gasteiger partial charge on any atom is -0.355 e. The van der Waals surface area contributed by atoms with Gasteiger partial charge in [0.2, 0.25) is 5.91 Å². The topological polar surface area (TPSA) is 32.3 Å². The van der Waals surface area contributed by atoms with Crippen LogP contribution in [0.5, 0.6) is 0 Å². The molecule has 92 valence electrons. The van der Waals surface area contributed by atoms with E-state index in [1.54, 1.807) is 0 Å². The quantitative estimate of drug-likeness (QED) is 0.752. The molecule has 0 fully saturated rings. The van der Waals surface area contributed by atoms with Gasteiger partial charge in [0, 0.05) is 24.7 Å². The summed E-state index contributed by atoms with van der Waals surface area (Å²) in [6.45, 7) is 6.45. The van der Waals surface area contributed by atoms with Crippen molar-refractivity contribution in [2.75, 3.05) is 19.6 Å². The third kappa shape index (κ3) is 4.14. The van der Waals surface area contributed by atoms with Gasteiger partial charge in [-0.2, -0.15) is 0 Å². The lowest BCUT2D eigenvalue weighted by molar-refractivity contribution is -0.125. The Morgan fingerprint density at radius 1 is 1.69 bits per heavy atom. The largest absolute Gasteiger partial charge is 0.355 e. The van der Waals surface area contributed by atoms with Crippen molar-refractivity contribution in [3.63, 3.8) is 0 Å². The Morgan fingerprint density at radius 2 is 2.44 bits per heavy atom. The summed E-state index contributed by atoms with van der Waals surface area (Å²) in [5.74, 6) is 0.111. The molecule has 0 aliphatic carbocycles. The number of amides is 1. The van der Waals surface area contributed by atoms with Gasteiger partial charge in [0.25, 0.3) is 0 Å². The maximum Gasteiger partial charge on any atom is 0.237 e. The van der Waals surface area contributed by atoms with Crippen molar-refractivity contribution in [2.24, 2.45) is 0 Å². The minimum atomic E-state index is -0.0840. The summed E-state index contributed by atoms with van der Waals surface area (Å²) in [5, 5.41) is 3.80. The molecule has 0 saturated heterocycles. The van der Waals surface area contributed by atoms with Crippen LogP contribution in [-0.4, -0.2) is 36.5 Å². The Labute approximate surface area is 103 Å². The zero-order valence-electron chi connectivity index (χ0n) is 10.1. The first-order valence-corrected chi connectivity index (χ1v) is 6.39. The molecule has 1 amide bonds. The number of carbonyl (C=O) groups is 1. The van der Waals surface area contributed by atoms with E-state index >= 15 is 0 Å². The highest BCUT2D eigenvalue weighted by atomic mass is 35.5. The number of rotatable bonds is 5. The fourth-order valence-corrected chi connectivity index (χ4v) is 2.02. The first-order chi connectivity index (χ1) is 7.65. The molecule has 0 spiro atoms. The highest BCUT2D eigenvalue weighted by molar-refractivity contribution is 6.29. The Hall–Kier alpha value is -0.540. The van der Waals surface area contributed by atoms with E-state index in [0.29, 0.717) is 6.54 Å². The van der Waals surface area contributed by atoms with E-state index in [9.17, 15) is 4.79 Å². The van der Waals surface area contributed by atoms with Crippen molar-refractivity contribution in [3.8, 4) is 0 Å². The van der Waals surface area contributed by atoms with Gasteiger partial charge in [-0.05, 0) is 19.8 Å². The van der Waals surface area contributed by atoms with E-state index in [-0.39, 0.29) is 11.9 Å². The lowest BCUT2D eigenvalue weighted by Gasteiger charge is -2.30. The molecule has 0 unspecified atom stereocenters. The number of hydrogen-bond acceptors (Lipinski definition) is 2. The molecule has 1 aliphatic rings. The van der Waals surface area contributed by atoms with E-state index in [2.05, 4.69) is 17.1 Å². The fraction of sp³-hybridized carbons (Fsp3) is 0.750.